The lowest BCUT2D eigenvalue weighted by Gasteiger charge is -2.25. The van der Waals surface area contributed by atoms with Crippen LogP contribution in [-0.4, -0.2) is 55.5 Å². The summed E-state index contributed by atoms with van der Waals surface area (Å²) in [6.45, 7) is 0.443. The summed E-state index contributed by atoms with van der Waals surface area (Å²) in [5.74, 6) is -0.436. The Bertz CT molecular complexity index is 1560. The van der Waals surface area contributed by atoms with Crippen molar-refractivity contribution >= 4 is 47.8 Å². The number of aromatic nitrogens is 1. The SMILES string of the molecule is N=c1cc2oc3cc(N(CCCS(=O)(=O)O)CCCS(=O)(=O)O)ccc3nc-2c2ccccc12. The van der Waals surface area contributed by atoms with Crippen molar-refractivity contribution in [1.82, 2.24) is 4.98 Å². The minimum Gasteiger partial charge on any atom is -0.453 e. The van der Waals surface area contributed by atoms with Gasteiger partial charge in [0.1, 0.15) is 11.2 Å². The molecule has 0 saturated heterocycles. The highest BCUT2D eigenvalue weighted by atomic mass is 32.2. The Morgan fingerprint density at radius 3 is 2.12 bits per heavy atom. The average molecular weight is 506 g/mol. The molecule has 1 aliphatic heterocycles. The molecule has 0 fully saturated rings. The van der Waals surface area contributed by atoms with Crippen LogP contribution >= 0.6 is 0 Å². The van der Waals surface area contributed by atoms with Crippen LogP contribution in [0.1, 0.15) is 12.8 Å². The van der Waals surface area contributed by atoms with Crippen LogP contribution in [0.2, 0.25) is 0 Å². The number of hydrogen-bond acceptors (Lipinski definition) is 8. The van der Waals surface area contributed by atoms with E-state index in [1.807, 2.05) is 24.3 Å². The lowest BCUT2D eigenvalue weighted by atomic mass is 10.0. The fourth-order valence-electron chi connectivity index (χ4n) is 3.89. The first-order chi connectivity index (χ1) is 16.0. The summed E-state index contributed by atoms with van der Waals surface area (Å²) in [7, 11) is -8.27. The minimum absolute atomic E-state index is 0.115. The third kappa shape index (κ3) is 5.70. The second-order valence-electron chi connectivity index (χ2n) is 7.95. The molecular weight excluding hydrogens is 482 g/mol. The summed E-state index contributed by atoms with van der Waals surface area (Å²) in [6.07, 6.45) is 0.230. The molecule has 1 heterocycles. The van der Waals surface area contributed by atoms with Gasteiger partial charge in [0.2, 0.25) is 0 Å². The third-order valence-corrected chi connectivity index (χ3v) is 7.01. The van der Waals surface area contributed by atoms with Gasteiger partial charge in [0, 0.05) is 41.7 Å². The molecule has 0 amide bonds. The molecule has 2 aromatic rings. The summed E-state index contributed by atoms with van der Waals surface area (Å²) in [5, 5.41) is 10.2. The Kier molecular flexibility index (Phi) is 6.58. The van der Waals surface area contributed by atoms with Gasteiger partial charge in [-0.1, -0.05) is 24.3 Å². The Labute approximate surface area is 196 Å². The fourth-order valence-corrected chi connectivity index (χ4v) is 4.87. The van der Waals surface area contributed by atoms with Crippen LogP contribution in [0, 0.1) is 5.41 Å². The first-order valence-electron chi connectivity index (χ1n) is 10.5. The molecule has 0 unspecified atom stereocenters. The molecule has 180 valence electrons. The standard InChI is InChI=1S/C22H23N3O7S2/c23-18-14-21-22(17-6-2-1-5-16(17)18)24-19-8-7-15(13-20(19)32-21)25(9-3-11-33(26,27)28)10-4-12-34(29,30)31/h1-2,5-8,13-14,23H,3-4,9-12H2,(H,26,27,28)(H,29,30,31). The van der Waals surface area contributed by atoms with E-state index in [0.717, 1.165) is 10.8 Å². The van der Waals surface area contributed by atoms with Crippen molar-refractivity contribution in [1.29, 1.82) is 5.41 Å². The second kappa shape index (κ2) is 9.29. The molecule has 2 aliphatic rings. The quantitative estimate of drug-likeness (QED) is 0.176. The molecule has 1 aliphatic carbocycles. The van der Waals surface area contributed by atoms with Gasteiger partial charge in [0.15, 0.2) is 11.3 Å². The van der Waals surface area contributed by atoms with Crippen molar-refractivity contribution in [2.24, 2.45) is 0 Å². The van der Waals surface area contributed by atoms with Gasteiger partial charge in [-0.2, -0.15) is 16.8 Å². The van der Waals surface area contributed by atoms with Crippen molar-refractivity contribution < 1.29 is 30.4 Å². The van der Waals surface area contributed by atoms with Crippen LogP contribution in [0.5, 0.6) is 0 Å². The summed E-state index contributed by atoms with van der Waals surface area (Å²) >= 11 is 0. The van der Waals surface area contributed by atoms with Crippen LogP contribution in [-0.2, 0) is 20.2 Å². The number of nitrogens with zero attached hydrogens (tertiary/aromatic N) is 2. The number of benzene rings is 3. The highest BCUT2D eigenvalue weighted by Crippen LogP contribution is 2.31. The highest BCUT2D eigenvalue weighted by Gasteiger charge is 2.17. The van der Waals surface area contributed by atoms with Crippen molar-refractivity contribution in [2.75, 3.05) is 29.5 Å². The number of hydrogen-bond donors (Lipinski definition) is 3. The van der Waals surface area contributed by atoms with Gasteiger partial charge in [-0.15, -0.1) is 0 Å². The maximum atomic E-state index is 11.1. The molecule has 0 spiro atoms. The van der Waals surface area contributed by atoms with E-state index < -0.39 is 31.7 Å². The molecule has 0 aromatic heterocycles. The van der Waals surface area contributed by atoms with Gasteiger partial charge in [0.05, 0.1) is 16.9 Å². The van der Waals surface area contributed by atoms with Gasteiger partial charge in [0.25, 0.3) is 20.2 Å². The zero-order valence-corrected chi connectivity index (χ0v) is 19.6. The molecule has 0 atom stereocenters. The second-order valence-corrected chi connectivity index (χ2v) is 11.1. The van der Waals surface area contributed by atoms with Gasteiger partial charge in [-0.25, -0.2) is 4.98 Å². The van der Waals surface area contributed by atoms with Crippen LogP contribution in [0.4, 0.5) is 5.69 Å². The molecule has 0 radical (unpaired) electrons. The molecule has 0 bridgehead atoms. The largest absolute Gasteiger partial charge is 0.453 e. The molecule has 10 nitrogen and oxygen atoms in total. The van der Waals surface area contributed by atoms with Crippen molar-refractivity contribution in [3.8, 4) is 11.5 Å². The number of rotatable bonds is 9. The maximum absolute atomic E-state index is 11.1. The lowest BCUT2D eigenvalue weighted by molar-refractivity contribution is 0.480. The van der Waals surface area contributed by atoms with Crippen molar-refractivity contribution in [3.63, 3.8) is 0 Å². The zero-order chi connectivity index (χ0) is 24.5. The summed E-state index contributed by atoms with van der Waals surface area (Å²) in [5.41, 5.74) is 2.28. The fraction of sp³-hybridized carbons (Fsp3) is 0.273. The van der Waals surface area contributed by atoms with Crippen LogP contribution in [0.3, 0.4) is 0 Å². The topological polar surface area (TPSA) is 162 Å². The molecule has 3 N–H and O–H groups in total. The van der Waals surface area contributed by atoms with E-state index >= 15 is 0 Å². The Hall–Kier alpha value is -3.06. The number of anilines is 1. The lowest BCUT2D eigenvalue weighted by Crippen LogP contribution is -2.28. The number of fused-ring (bicyclic) bond motifs is 4. The van der Waals surface area contributed by atoms with Crippen LogP contribution in [0.25, 0.3) is 33.3 Å². The first-order valence-corrected chi connectivity index (χ1v) is 13.7. The molecule has 12 heteroatoms. The van der Waals surface area contributed by atoms with Crippen molar-refractivity contribution in [3.05, 3.63) is 53.9 Å². The minimum atomic E-state index is -4.14. The van der Waals surface area contributed by atoms with Gasteiger partial charge >= 0.3 is 0 Å². The van der Waals surface area contributed by atoms with E-state index in [2.05, 4.69) is 0 Å². The zero-order valence-electron chi connectivity index (χ0n) is 18.0. The smallest absolute Gasteiger partial charge is 0.264 e. The Balaban J connectivity index is 1.71. The monoisotopic (exact) mass is 505 g/mol. The first kappa shape index (κ1) is 24.1. The summed E-state index contributed by atoms with van der Waals surface area (Å²) in [6, 6.07) is 14.3. The highest BCUT2D eigenvalue weighted by molar-refractivity contribution is 7.86. The van der Waals surface area contributed by atoms with E-state index in [1.54, 1.807) is 29.2 Å². The molecular formula is C22H23N3O7S2. The van der Waals surface area contributed by atoms with E-state index in [-0.39, 0.29) is 25.9 Å². The normalized spacial score (nSPS) is 12.5. The molecule has 4 rings (SSSR count). The van der Waals surface area contributed by atoms with Crippen LogP contribution < -0.4 is 10.3 Å². The predicted octanol–water partition coefficient (Wildman–Crippen LogP) is 2.93. The predicted molar refractivity (Wildman–Crippen MR) is 128 cm³/mol. The molecule has 0 saturated carbocycles. The van der Waals surface area contributed by atoms with Crippen LogP contribution in [0.15, 0.2) is 52.9 Å². The van der Waals surface area contributed by atoms with Gasteiger partial charge in [-0.05, 0) is 25.0 Å². The Morgan fingerprint density at radius 2 is 1.50 bits per heavy atom. The average Bonchev–Trinajstić information content (AvgIpc) is 2.75. The summed E-state index contributed by atoms with van der Waals surface area (Å²) in [4.78, 5) is 6.47. The molecule has 34 heavy (non-hydrogen) atoms. The van der Waals surface area contributed by atoms with E-state index in [1.165, 1.54) is 0 Å². The Morgan fingerprint density at radius 1 is 0.882 bits per heavy atom. The van der Waals surface area contributed by atoms with Gasteiger partial charge in [-0.3, -0.25) is 9.11 Å². The van der Waals surface area contributed by atoms with Crippen molar-refractivity contribution in [2.45, 2.75) is 12.8 Å². The maximum Gasteiger partial charge on any atom is 0.264 e. The number of nitrogens with one attached hydrogen (secondary N) is 1. The van der Waals surface area contributed by atoms with E-state index in [4.69, 9.17) is 23.9 Å². The van der Waals surface area contributed by atoms with E-state index in [0.29, 0.717) is 33.6 Å². The van der Waals surface area contributed by atoms with E-state index in [9.17, 15) is 16.8 Å². The third-order valence-electron chi connectivity index (χ3n) is 5.40. The van der Waals surface area contributed by atoms with Gasteiger partial charge < -0.3 is 14.7 Å². The summed E-state index contributed by atoms with van der Waals surface area (Å²) < 4.78 is 68.5. The molecule has 2 aromatic carbocycles.